The van der Waals surface area contributed by atoms with Crippen molar-refractivity contribution < 1.29 is 14.9 Å². The minimum absolute atomic E-state index is 0.131. The molecule has 0 saturated heterocycles. The number of phenols is 2. The number of H-pyrrole nitrogens is 1. The van der Waals surface area contributed by atoms with Gasteiger partial charge in [-0.1, -0.05) is 0 Å². The summed E-state index contributed by atoms with van der Waals surface area (Å²) in [5.41, 5.74) is 1.68. The van der Waals surface area contributed by atoms with Gasteiger partial charge in [-0.2, -0.15) is 0 Å². The minimum atomic E-state index is -0.315. The molecule has 0 amide bonds. The van der Waals surface area contributed by atoms with Crippen molar-refractivity contribution in [1.82, 2.24) is 9.97 Å². The Bertz CT molecular complexity index is 944. The number of aryl methyl sites for hydroxylation is 2. The molecule has 0 fully saturated rings. The maximum Gasteiger partial charge on any atom is 0.183 e. The van der Waals surface area contributed by atoms with E-state index in [-0.39, 0.29) is 44.5 Å². The van der Waals surface area contributed by atoms with E-state index in [0.29, 0.717) is 5.69 Å². The predicted molar refractivity (Wildman–Crippen MR) is 79.2 cm³/mol. The predicted octanol–water partition coefficient (Wildman–Crippen LogP) is 2.11. The molecule has 0 bridgehead atoms. The number of aromatic nitrogens is 2. The summed E-state index contributed by atoms with van der Waals surface area (Å²) in [7, 11) is 1.40. The van der Waals surface area contributed by atoms with Crippen LogP contribution < -0.4 is 10.2 Å². The number of aromatic hydroxyl groups is 2. The van der Waals surface area contributed by atoms with Crippen molar-refractivity contribution in [1.29, 1.82) is 0 Å². The molecule has 0 saturated carbocycles. The second-order valence-electron chi connectivity index (χ2n) is 4.92. The number of hydrogen-bond acceptors (Lipinski definition) is 5. The Hall–Kier alpha value is -2.76. The largest absolute Gasteiger partial charge is 0.505 e. The van der Waals surface area contributed by atoms with Crippen LogP contribution in [0, 0.1) is 13.8 Å². The van der Waals surface area contributed by atoms with Crippen LogP contribution in [0.25, 0.3) is 21.8 Å². The molecule has 108 valence electrons. The molecule has 1 heterocycles. The van der Waals surface area contributed by atoms with Crippen molar-refractivity contribution in [2.24, 2.45) is 0 Å². The number of nitrogens with zero attached hydrogens (tertiary/aromatic N) is 1. The number of rotatable bonds is 1. The van der Waals surface area contributed by atoms with Crippen LogP contribution in [0.3, 0.4) is 0 Å². The highest BCUT2D eigenvalue weighted by Crippen LogP contribution is 2.43. The molecule has 3 rings (SSSR count). The van der Waals surface area contributed by atoms with Gasteiger partial charge >= 0.3 is 0 Å². The second-order valence-corrected chi connectivity index (χ2v) is 4.92. The van der Waals surface area contributed by atoms with Gasteiger partial charge in [0.2, 0.25) is 0 Å². The molecule has 2 aromatic carbocycles. The van der Waals surface area contributed by atoms with E-state index < -0.39 is 0 Å². The van der Waals surface area contributed by atoms with Crippen molar-refractivity contribution in [3.8, 4) is 17.2 Å². The van der Waals surface area contributed by atoms with Crippen molar-refractivity contribution >= 4 is 21.8 Å². The standard InChI is InChI=1S/C15H14N2O4/c1-6-7(2)17-13-12(16-6)14(19)9-4-8(18)5-10(21-3)11(9)15(13)20/h4-5,16,19-20H,1-3H3. The Labute approximate surface area is 119 Å². The van der Waals surface area contributed by atoms with E-state index in [1.54, 1.807) is 6.92 Å². The number of benzene rings is 2. The number of aromatic amines is 1. The van der Waals surface area contributed by atoms with Crippen LogP contribution in [0.5, 0.6) is 17.2 Å². The molecule has 21 heavy (non-hydrogen) atoms. The number of methoxy groups -OCH3 is 1. The zero-order valence-electron chi connectivity index (χ0n) is 11.8. The summed E-state index contributed by atoms with van der Waals surface area (Å²) < 4.78 is 5.14. The van der Waals surface area contributed by atoms with Crippen LogP contribution in [-0.4, -0.2) is 27.3 Å². The lowest BCUT2D eigenvalue weighted by molar-refractivity contribution is 0.415. The first-order chi connectivity index (χ1) is 9.93. The molecule has 0 aliphatic rings. The Morgan fingerprint density at radius 2 is 1.90 bits per heavy atom. The molecular formula is C15H14N2O4. The summed E-state index contributed by atoms with van der Waals surface area (Å²) in [5.74, 6) is -0.0642. The molecule has 0 aliphatic carbocycles. The summed E-state index contributed by atoms with van der Waals surface area (Å²) in [6, 6.07) is 2.52. The number of fused-ring (bicyclic) bond motifs is 2. The Morgan fingerprint density at radius 3 is 2.57 bits per heavy atom. The average Bonchev–Trinajstić information content (AvgIpc) is 2.45. The highest BCUT2D eigenvalue weighted by molar-refractivity contribution is 6.10. The topological polar surface area (TPSA) is 95.4 Å². The van der Waals surface area contributed by atoms with Crippen molar-refractivity contribution in [3.63, 3.8) is 0 Å². The smallest absolute Gasteiger partial charge is 0.183 e. The van der Waals surface area contributed by atoms with E-state index in [1.165, 1.54) is 19.2 Å². The van der Waals surface area contributed by atoms with Gasteiger partial charge in [-0.3, -0.25) is 4.79 Å². The van der Waals surface area contributed by atoms with Gasteiger partial charge in [0.15, 0.2) is 11.2 Å². The molecule has 0 atom stereocenters. The number of nitrogens with one attached hydrogen (secondary N) is 1. The molecule has 0 aliphatic heterocycles. The van der Waals surface area contributed by atoms with Crippen LogP contribution in [0.4, 0.5) is 0 Å². The Kier molecular flexibility index (Phi) is 2.76. The van der Waals surface area contributed by atoms with Gasteiger partial charge < -0.3 is 19.9 Å². The Balaban J connectivity index is 2.65. The summed E-state index contributed by atoms with van der Waals surface area (Å²) in [5, 5.41) is 21.4. The van der Waals surface area contributed by atoms with Gasteiger partial charge in [0.05, 0.1) is 18.2 Å². The third-order valence-corrected chi connectivity index (χ3v) is 3.62. The summed E-state index contributed by atoms with van der Waals surface area (Å²) >= 11 is 0. The quantitative estimate of drug-likeness (QED) is 0.470. The fourth-order valence-corrected chi connectivity index (χ4v) is 2.42. The first kappa shape index (κ1) is 13.2. The van der Waals surface area contributed by atoms with Crippen LogP contribution in [0.2, 0.25) is 0 Å². The molecular weight excluding hydrogens is 272 g/mol. The van der Waals surface area contributed by atoms with Crippen LogP contribution in [0.15, 0.2) is 16.9 Å². The van der Waals surface area contributed by atoms with Gasteiger partial charge in [-0.05, 0) is 19.9 Å². The highest BCUT2D eigenvalue weighted by atomic mass is 16.5. The third kappa shape index (κ3) is 1.79. The molecule has 3 N–H and O–H groups in total. The number of phenolic OH excluding ortho intramolecular Hbond substituents is 2. The lowest BCUT2D eigenvalue weighted by Crippen LogP contribution is -2.01. The zero-order valence-corrected chi connectivity index (χ0v) is 11.8. The molecule has 6 nitrogen and oxygen atoms in total. The highest BCUT2D eigenvalue weighted by Gasteiger charge is 2.19. The average molecular weight is 286 g/mol. The molecule has 0 spiro atoms. The lowest BCUT2D eigenvalue weighted by atomic mass is 10.0. The van der Waals surface area contributed by atoms with E-state index in [9.17, 15) is 15.0 Å². The first-order valence-electron chi connectivity index (χ1n) is 6.37. The van der Waals surface area contributed by atoms with Gasteiger partial charge in [-0.25, -0.2) is 4.98 Å². The zero-order chi connectivity index (χ0) is 15.3. The summed E-state index contributed by atoms with van der Waals surface area (Å²) in [6.45, 7) is 3.61. The summed E-state index contributed by atoms with van der Waals surface area (Å²) in [4.78, 5) is 19.0. The molecule has 0 unspecified atom stereocenters. The van der Waals surface area contributed by atoms with E-state index in [2.05, 4.69) is 9.97 Å². The van der Waals surface area contributed by atoms with Crippen molar-refractivity contribution in [3.05, 3.63) is 33.7 Å². The van der Waals surface area contributed by atoms with E-state index in [1.807, 2.05) is 6.92 Å². The van der Waals surface area contributed by atoms with Gasteiger partial charge in [0, 0.05) is 17.1 Å². The number of hydrogen-bond donors (Lipinski definition) is 3. The van der Waals surface area contributed by atoms with Gasteiger partial charge in [0.25, 0.3) is 0 Å². The van der Waals surface area contributed by atoms with Crippen LogP contribution >= 0.6 is 0 Å². The summed E-state index contributed by atoms with van der Waals surface area (Å²) in [6.07, 6.45) is 0. The molecule has 3 aromatic rings. The Morgan fingerprint density at radius 1 is 1.19 bits per heavy atom. The maximum atomic E-state index is 11.7. The van der Waals surface area contributed by atoms with Crippen LogP contribution in [0.1, 0.15) is 11.4 Å². The van der Waals surface area contributed by atoms with Gasteiger partial charge in [-0.15, -0.1) is 0 Å². The van der Waals surface area contributed by atoms with E-state index in [0.717, 1.165) is 5.69 Å². The monoisotopic (exact) mass is 286 g/mol. The normalized spacial score (nSPS) is 11.2. The van der Waals surface area contributed by atoms with Crippen molar-refractivity contribution in [2.75, 3.05) is 7.11 Å². The van der Waals surface area contributed by atoms with Crippen molar-refractivity contribution in [2.45, 2.75) is 13.8 Å². The van der Waals surface area contributed by atoms with Gasteiger partial charge in [0.1, 0.15) is 22.5 Å². The van der Waals surface area contributed by atoms with Crippen LogP contribution in [-0.2, 0) is 0 Å². The molecule has 0 radical (unpaired) electrons. The molecule has 1 aromatic heterocycles. The molecule has 6 heteroatoms. The van der Waals surface area contributed by atoms with E-state index in [4.69, 9.17) is 4.74 Å². The van der Waals surface area contributed by atoms with E-state index >= 15 is 0 Å². The fraction of sp³-hybridized carbons (Fsp3) is 0.200. The lowest BCUT2D eigenvalue weighted by Gasteiger charge is -2.13. The SMILES string of the molecule is COc1cc(=O)cc2c(O)c3[nH]c(C)c(C)nc3c(O)c12. The first-order valence-corrected chi connectivity index (χ1v) is 6.37. The fourth-order valence-electron chi connectivity index (χ4n) is 2.42. The second kappa shape index (κ2) is 4.37. The third-order valence-electron chi connectivity index (χ3n) is 3.62. The number of ether oxygens (including phenoxy) is 1. The minimum Gasteiger partial charge on any atom is -0.505 e. The maximum absolute atomic E-state index is 11.7.